The standard InChI is InChI=1S/C12H16/c1-4-10-7-8-11(5-2)12(6-3)9-10/h4,7-9H,1,5-6H2,2-3H3. The molecule has 12 heavy (non-hydrogen) atoms. The molecule has 0 aromatic heterocycles. The van der Waals surface area contributed by atoms with Crippen LogP contribution in [-0.2, 0) is 12.8 Å². The summed E-state index contributed by atoms with van der Waals surface area (Å²) in [6.45, 7) is 8.15. The second-order valence-electron chi connectivity index (χ2n) is 2.94. The minimum atomic E-state index is 1.12. The summed E-state index contributed by atoms with van der Waals surface area (Å²) in [7, 11) is 0. The second-order valence-corrected chi connectivity index (χ2v) is 2.94. The predicted molar refractivity (Wildman–Crippen MR) is 55.3 cm³/mol. The smallest absolute Gasteiger partial charge is 0.0260 e. The summed E-state index contributed by atoms with van der Waals surface area (Å²) >= 11 is 0. The Morgan fingerprint density at radius 3 is 2.33 bits per heavy atom. The Labute approximate surface area is 74.9 Å². The minimum absolute atomic E-state index is 1.12. The van der Waals surface area contributed by atoms with Crippen molar-refractivity contribution in [1.82, 2.24) is 0 Å². The molecule has 0 spiro atoms. The maximum absolute atomic E-state index is 3.76. The Balaban J connectivity index is 3.10. The number of hydrogen-bond acceptors (Lipinski definition) is 0. The van der Waals surface area contributed by atoms with Crippen molar-refractivity contribution in [3.05, 3.63) is 41.5 Å². The lowest BCUT2D eigenvalue weighted by Crippen LogP contribution is -1.90. The molecule has 0 nitrogen and oxygen atoms in total. The third-order valence-electron chi connectivity index (χ3n) is 2.23. The quantitative estimate of drug-likeness (QED) is 0.635. The highest BCUT2D eigenvalue weighted by atomic mass is 14.0. The Morgan fingerprint density at radius 2 is 1.83 bits per heavy atom. The van der Waals surface area contributed by atoms with Gasteiger partial charge in [-0.05, 0) is 29.5 Å². The zero-order valence-electron chi connectivity index (χ0n) is 7.93. The first-order chi connectivity index (χ1) is 5.81. The van der Waals surface area contributed by atoms with E-state index in [1.54, 1.807) is 0 Å². The summed E-state index contributed by atoms with van der Waals surface area (Å²) in [5.41, 5.74) is 4.14. The van der Waals surface area contributed by atoms with Crippen LogP contribution in [0.1, 0.15) is 30.5 Å². The van der Waals surface area contributed by atoms with E-state index in [1.807, 2.05) is 6.08 Å². The zero-order valence-corrected chi connectivity index (χ0v) is 7.93. The highest BCUT2D eigenvalue weighted by molar-refractivity contribution is 5.49. The molecular weight excluding hydrogens is 144 g/mol. The van der Waals surface area contributed by atoms with Crippen molar-refractivity contribution in [2.75, 3.05) is 0 Å². The van der Waals surface area contributed by atoms with E-state index in [2.05, 4.69) is 38.6 Å². The lowest BCUT2D eigenvalue weighted by atomic mass is 10.0. The first-order valence-corrected chi connectivity index (χ1v) is 4.56. The van der Waals surface area contributed by atoms with Gasteiger partial charge in [-0.15, -0.1) is 0 Å². The molecule has 0 aliphatic carbocycles. The summed E-state index contributed by atoms with van der Waals surface area (Å²) in [6.07, 6.45) is 4.14. The molecule has 64 valence electrons. The molecule has 0 heterocycles. The van der Waals surface area contributed by atoms with Crippen molar-refractivity contribution in [2.24, 2.45) is 0 Å². The fourth-order valence-corrected chi connectivity index (χ4v) is 1.45. The Morgan fingerprint density at radius 1 is 1.17 bits per heavy atom. The molecule has 0 aliphatic rings. The number of benzene rings is 1. The largest absolute Gasteiger partial charge is 0.0985 e. The van der Waals surface area contributed by atoms with Crippen LogP contribution in [0.3, 0.4) is 0 Å². The van der Waals surface area contributed by atoms with E-state index in [9.17, 15) is 0 Å². The van der Waals surface area contributed by atoms with Crippen LogP contribution in [0.15, 0.2) is 24.8 Å². The molecule has 0 atom stereocenters. The Hall–Kier alpha value is -1.04. The van der Waals surface area contributed by atoms with Crippen molar-refractivity contribution >= 4 is 6.08 Å². The molecule has 0 bridgehead atoms. The number of aryl methyl sites for hydroxylation is 2. The maximum atomic E-state index is 3.76. The molecule has 0 saturated heterocycles. The second kappa shape index (κ2) is 4.10. The monoisotopic (exact) mass is 160 g/mol. The first kappa shape index (κ1) is 9.05. The van der Waals surface area contributed by atoms with Gasteiger partial charge in [-0.2, -0.15) is 0 Å². The van der Waals surface area contributed by atoms with Crippen LogP contribution >= 0.6 is 0 Å². The third kappa shape index (κ3) is 1.76. The van der Waals surface area contributed by atoms with Crippen LogP contribution < -0.4 is 0 Å². The molecule has 0 aliphatic heterocycles. The van der Waals surface area contributed by atoms with Crippen molar-refractivity contribution in [3.63, 3.8) is 0 Å². The van der Waals surface area contributed by atoms with Crippen molar-refractivity contribution in [3.8, 4) is 0 Å². The molecule has 0 N–H and O–H groups in total. The van der Waals surface area contributed by atoms with E-state index in [0.717, 1.165) is 12.8 Å². The molecular formula is C12H16. The van der Waals surface area contributed by atoms with Gasteiger partial charge in [0.05, 0.1) is 0 Å². The summed E-state index contributed by atoms with van der Waals surface area (Å²) in [5, 5.41) is 0. The zero-order chi connectivity index (χ0) is 8.97. The van der Waals surface area contributed by atoms with Gasteiger partial charge in [0.25, 0.3) is 0 Å². The predicted octanol–water partition coefficient (Wildman–Crippen LogP) is 3.45. The van der Waals surface area contributed by atoms with Crippen molar-refractivity contribution in [2.45, 2.75) is 26.7 Å². The van der Waals surface area contributed by atoms with E-state index in [0.29, 0.717) is 0 Å². The molecule has 0 amide bonds. The molecule has 1 rings (SSSR count). The van der Waals surface area contributed by atoms with Gasteiger partial charge in [-0.25, -0.2) is 0 Å². The maximum Gasteiger partial charge on any atom is -0.0260 e. The van der Waals surface area contributed by atoms with Gasteiger partial charge in [0.1, 0.15) is 0 Å². The van der Waals surface area contributed by atoms with Gasteiger partial charge < -0.3 is 0 Å². The van der Waals surface area contributed by atoms with E-state index >= 15 is 0 Å². The van der Waals surface area contributed by atoms with Crippen LogP contribution in [0.25, 0.3) is 6.08 Å². The van der Waals surface area contributed by atoms with Crippen LogP contribution in [0.2, 0.25) is 0 Å². The fourth-order valence-electron chi connectivity index (χ4n) is 1.45. The molecule has 1 aromatic carbocycles. The Bertz CT molecular complexity index is 271. The van der Waals surface area contributed by atoms with Gasteiger partial charge in [0.2, 0.25) is 0 Å². The summed E-state index contributed by atoms with van der Waals surface area (Å²) in [4.78, 5) is 0. The molecule has 0 radical (unpaired) electrons. The van der Waals surface area contributed by atoms with E-state index < -0.39 is 0 Å². The SMILES string of the molecule is C=Cc1ccc(CC)c(CC)c1. The summed E-state index contributed by atoms with van der Waals surface area (Å²) < 4.78 is 0. The third-order valence-corrected chi connectivity index (χ3v) is 2.23. The number of hydrogen-bond donors (Lipinski definition) is 0. The highest BCUT2D eigenvalue weighted by Gasteiger charge is 1.97. The van der Waals surface area contributed by atoms with Gasteiger partial charge in [-0.3, -0.25) is 0 Å². The van der Waals surface area contributed by atoms with Crippen molar-refractivity contribution in [1.29, 1.82) is 0 Å². The van der Waals surface area contributed by atoms with E-state index in [-0.39, 0.29) is 0 Å². The normalized spacial score (nSPS) is 9.83. The van der Waals surface area contributed by atoms with Crippen LogP contribution in [0.5, 0.6) is 0 Å². The van der Waals surface area contributed by atoms with E-state index in [4.69, 9.17) is 0 Å². The Kier molecular flexibility index (Phi) is 3.09. The average molecular weight is 160 g/mol. The van der Waals surface area contributed by atoms with Gasteiger partial charge >= 0.3 is 0 Å². The molecule has 0 fully saturated rings. The van der Waals surface area contributed by atoms with Crippen LogP contribution in [-0.4, -0.2) is 0 Å². The lowest BCUT2D eigenvalue weighted by Gasteiger charge is -2.05. The van der Waals surface area contributed by atoms with Crippen LogP contribution in [0, 0.1) is 0 Å². The molecule has 0 unspecified atom stereocenters. The lowest BCUT2D eigenvalue weighted by molar-refractivity contribution is 1.04. The first-order valence-electron chi connectivity index (χ1n) is 4.56. The highest BCUT2D eigenvalue weighted by Crippen LogP contribution is 2.14. The van der Waals surface area contributed by atoms with Gasteiger partial charge in [-0.1, -0.05) is 44.7 Å². The molecule has 1 aromatic rings. The number of rotatable bonds is 3. The van der Waals surface area contributed by atoms with Gasteiger partial charge in [0.15, 0.2) is 0 Å². The molecule has 0 saturated carbocycles. The van der Waals surface area contributed by atoms with Crippen molar-refractivity contribution < 1.29 is 0 Å². The van der Waals surface area contributed by atoms with E-state index in [1.165, 1.54) is 16.7 Å². The topological polar surface area (TPSA) is 0 Å². The van der Waals surface area contributed by atoms with Crippen LogP contribution in [0.4, 0.5) is 0 Å². The fraction of sp³-hybridized carbons (Fsp3) is 0.333. The summed E-state index contributed by atoms with van der Waals surface area (Å²) in [6, 6.07) is 6.56. The minimum Gasteiger partial charge on any atom is -0.0985 e. The van der Waals surface area contributed by atoms with Gasteiger partial charge in [0, 0.05) is 0 Å². The average Bonchev–Trinajstić information content (AvgIpc) is 2.16. The summed E-state index contributed by atoms with van der Waals surface area (Å²) in [5.74, 6) is 0. The molecule has 0 heteroatoms.